The third-order valence-corrected chi connectivity index (χ3v) is 5.14. The first kappa shape index (κ1) is 20.2. The van der Waals surface area contributed by atoms with E-state index in [4.69, 9.17) is 4.74 Å². The molecule has 0 atom stereocenters. The van der Waals surface area contributed by atoms with Gasteiger partial charge in [-0.3, -0.25) is 4.79 Å². The smallest absolute Gasteiger partial charge is 0.253 e. The van der Waals surface area contributed by atoms with Crippen LogP contribution in [0.25, 0.3) is 0 Å². The summed E-state index contributed by atoms with van der Waals surface area (Å²) in [6.45, 7) is 13.8. The number of ether oxygens (including phenoxy) is 1. The van der Waals surface area contributed by atoms with Crippen LogP contribution >= 0.6 is 0 Å². The Kier molecular flexibility index (Phi) is 5.97. The van der Waals surface area contributed by atoms with E-state index in [1.54, 1.807) is 0 Å². The molecule has 0 spiro atoms. The van der Waals surface area contributed by atoms with Gasteiger partial charge in [-0.15, -0.1) is 0 Å². The van der Waals surface area contributed by atoms with Gasteiger partial charge >= 0.3 is 0 Å². The Labute approximate surface area is 169 Å². The first-order valence-electron chi connectivity index (χ1n) is 10.2. The van der Waals surface area contributed by atoms with Crippen LogP contribution in [-0.2, 0) is 5.41 Å². The van der Waals surface area contributed by atoms with Crippen LogP contribution in [-0.4, -0.2) is 43.1 Å². The highest BCUT2D eigenvalue weighted by Crippen LogP contribution is 2.24. The molecule has 0 aromatic heterocycles. The highest BCUT2D eigenvalue weighted by Gasteiger charge is 2.23. The number of carbonyl (C=O) groups is 1. The fraction of sp³-hybridized carbons (Fsp3) is 0.458. The van der Waals surface area contributed by atoms with E-state index in [0.29, 0.717) is 0 Å². The van der Waals surface area contributed by atoms with Crippen LogP contribution < -0.4 is 9.64 Å². The van der Waals surface area contributed by atoms with Gasteiger partial charge in [-0.25, -0.2) is 0 Å². The van der Waals surface area contributed by atoms with Crippen molar-refractivity contribution >= 4 is 11.6 Å². The summed E-state index contributed by atoms with van der Waals surface area (Å²) >= 11 is 0. The molecule has 1 heterocycles. The lowest BCUT2D eigenvalue weighted by molar-refractivity contribution is 0.0746. The van der Waals surface area contributed by atoms with Gasteiger partial charge in [0.2, 0.25) is 0 Å². The molecule has 0 bridgehead atoms. The van der Waals surface area contributed by atoms with Crippen LogP contribution in [0.2, 0.25) is 0 Å². The topological polar surface area (TPSA) is 32.8 Å². The molecule has 2 aromatic rings. The number of hydrogen-bond acceptors (Lipinski definition) is 3. The molecule has 4 heteroatoms. The molecular weight excluding hydrogens is 348 g/mol. The molecule has 1 saturated heterocycles. The minimum absolute atomic E-state index is 0.100. The summed E-state index contributed by atoms with van der Waals surface area (Å²) in [5, 5.41) is 0. The lowest BCUT2D eigenvalue weighted by Gasteiger charge is -2.36. The van der Waals surface area contributed by atoms with E-state index in [1.807, 2.05) is 43.0 Å². The molecule has 1 fully saturated rings. The maximum atomic E-state index is 12.8. The molecule has 150 valence electrons. The number of anilines is 1. The maximum Gasteiger partial charge on any atom is 0.253 e. The van der Waals surface area contributed by atoms with Gasteiger partial charge in [-0.1, -0.05) is 32.9 Å². The van der Waals surface area contributed by atoms with E-state index in [-0.39, 0.29) is 17.4 Å². The second-order valence-electron chi connectivity index (χ2n) is 8.77. The van der Waals surface area contributed by atoms with E-state index in [0.717, 1.165) is 37.5 Å². The zero-order chi connectivity index (χ0) is 20.3. The van der Waals surface area contributed by atoms with E-state index < -0.39 is 0 Å². The summed E-state index contributed by atoms with van der Waals surface area (Å²) in [5.74, 6) is 1.02. The van der Waals surface area contributed by atoms with Crippen molar-refractivity contribution in [3.63, 3.8) is 0 Å². The third-order valence-electron chi connectivity index (χ3n) is 5.14. The second-order valence-corrected chi connectivity index (χ2v) is 8.77. The van der Waals surface area contributed by atoms with E-state index in [2.05, 4.69) is 49.9 Å². The van der Waals surface area contributed by atoms with Gasteiger partial charge < -0.3 is 14.5 Å². The van der Waals surface area contributed by atoms with Crippen molar-refractivity contribution in [2.24, 2.45) is 0 Å². The molecule has 1 amide bonds. The van der Waals surface area contributed by atoms with E-state index in [9.17, 15) is 4.79 Å². The average Bonchev–Trinajstić information content (AvgIpc) is 2.67. The van der Waals surface area contributed by atoms with Gasteiger partial charge in [-0.05, 0) is 61.2 Å². The van der Waals surface area contributed by atoms with Crippen LogP contribution in [0.1, 0.15) is 50.5 Å². The normalized spacial score (nSPS) is 15.1. The largest absolute Gasteiger partial charge is 0.491 e. The Balaban J connectivity index is 1.58. The fourth-order valence-electron chi connectivity index (χ4n) is 3.47. The van der Waals surface area contributed by atoms with Gasteiger partial charge in [0, 0.05) is 37.4 Å². The molecule has 2 aromatic carbocycles. The van der Waals surface area contributed by atoms with Crippen LogP contribution in [0.15, 0.2) is 48.5 Å². The van der Waals surface area contributed by atoms with E-state index >= 15 is 0 Å². The van der Waals surface area contributed by atoms with Gasteiger partial charge in [0.05, 0.1) is 6.10 Å². The van der Waals surface area contributed by atoms with Crippen molar-refractivity contribution in [2.75, 3.05) is 31.1 Å². The molecule has 0 unspecified atom stereocenters. The van der Waals surface area contributed by atoms with Crippen molar-refractivity contribution in [1.82, 2.24) is 4.90 Å². The summed E-state index contributed by atoms with van der Waals surface area (Å²) < 4.78 is 5.71. The van der Waals surface area contributed by atoms with Crippen LogP contribution in [0, 0.1) is 0 Å². The number of benzene rings is 2. The minimum Gasteiger partial charge on any atom is -0.491 e. The Morgan fingerprint density at radius 2 is 1.46 bits per heavy atom. The highest BCUT2D eigenvalue weighted by molar-refractivity contribution is 5.94. The molecular formula is C24H32N2O2. The summed E-state index contributed by atoms with van der Waals surface area (Å²) in [5.41, 5.74) is 3.30. The summed E-state index contributed by atoms with van der Waals surface area (Å²) in [4.78, 5) is 17.1. The Morgan fingerprint density at radius 1 is 0.893 bits per heavy atom. The fourth-order valence-corrected chi connectivity index (χ4v) is 3.47. The minimum atomic E-state index is 0.100. The standard InChI is InChI=1S/C24H32N2O2/c1-18(2)28-22-12-10-21(11-13-22)25-14-16-26(17-15-25)23(27)19-6-8-20(9-7-19)24(3,4)5/h6-13,18H,14-17H2,1-5H3. The number of piperazine rings is 1. The van der Waals surface area contributed by atoms with Gasteiger partial charge in [0.1, 0.15) is 5.75 Å². The molecule has 0 aliphatic carbocycles. The average molecular weight is 381 g/mol. The number of amides is 1. The van der Waals surface area contributed by atoms with Crippen LogP contribution in [0.4, 0.5) is 5.69 Å². The Hall–Kier alpha value is -2.49. The van der Waals surface area contributed by atoms with Gasteiger partial charge in [-0.2, -0.15) is 0 Å². The van der Waals surface area contributed by atoms with Crippen molar-refractivity contribution < 1.29 is 9.53 Å². The monoisotopic (exact) mass is 380 g/mol. The zero-order valence-corrected chi connectivity index (χ0v) is 17.7. The highest BCUT2D eigenvalue weighted by atomic mass is 16.5. The SMILES string of the molecule is CC(C)Oc1ccc(N2CCN(C(=O)c3ccc(C(C)(C)C)cc3)CC2)cc1. The van der Waals surface area contributed by atoms with Gasteiger partial charge in [0.25, 0.3) is 5.91 Å². The third kappa shape index (κ3) is 4.86. The van der Waals surface area contributed by atoms with Crippen molar-refractivity contribution in [3.05, 3.63) is 59.7 Å². The predicted octanol–water partition coefficient (Wildman–Crippen LogP) is 4.73. The second kappa shape index (κ2) is 8.26. The summed E-state index contributed by atoms with van der Waals surface area (Å²) in [6, 6.07) is 16.3. The molecule has 0 radical (unpaired) electrons. The zero-order valence-electron chi connectivity index (χ0n) is 17.7. The van der Waals surface area contributed by atoms with Crippen molar-refractivity contribution in [2.45, 2.75) is 46.1 Å². The van der Waals surface area contributed by atoms with Crippen LogP contribution in [0.5, 0.6) is 5.75 Å². The predicted molar refractivity (Wildman–Crippen MR) is 115 cm³/mol. The molecule has 1 aliphatic heterocycles. The first-order chi connectivity index (χ1) is 13.2. The maximum absolute atomic E-state index is 12.8. The summed E-state index contributed by atoms with van der Waals surface area (Å²) in [7, 11) is 0. The summed E-state index contributed by atoms with van der Waals surface area (Å²) in [6.07, 6.45) is 0.179. The van der Waals surface area contributed by atoms with Gasteiger partial charge in [0.15, 0.2) is 0 Å². The molecule has 28 heavy (non-hydrogen) atoms. The number of carbonyl (C=O) groups excluding carboxylic acids is 1. The number of hydrogen-bond donors (Lipinski definition) is 0. The quantitative estimate of drug-likeness (QED) is 0.768. The number of nitrogens with zero attached hydrogens (tertiary/aromatic N) is 2. The lowest BCUT2D eigenvalue weighted by Crippen LogP contribution is -2.48. The first-order valence-corrected chi connectivity index (χ1v) is 10.2. The number of rotatable bonds is 4. The van der Waals surface area contributed by atoms with Crippen molar-refractivity contribution in [1.29, 1.82) is 0 Å². The lowest BCUT2D eigenvalue weighted by atomic mass is 9.86. The van der Waals surface area contributed by atoms with Crippen LogP contribution in [0.3, 0.4) is 0 Å². The molecule has 0 saturated carbocycles. The Morgan fingerprint density at radius 3 is 1.96 bits per heavy atom. The Bertz CT molecular complexity index is 781. The van der Waals surface area contributed by atoms with Crippen molar-refractivity contribution in [3.8, 4) is 5.75 Å². The molecule has 0 N–H and O–H groups in total. The molecule has 4 nitrogen and oxygen atoms in total. The molecule has 3 rings (SSSR count). The van der Waals surface area contributed by atoms with E-state index in [1.165, 1.54) is 11.3 Å². The molecule has 1 aliphatic rings.